The Bertz CT molecular complexity index is 390. The van der Waals surface area contributed by atoms with E-state index in [0.29, 0.717) is 0 Å². The summed E-state index contributed by atoms with van der Waals surface area (Å²) in [6, 6.07) is 9.58. The first-order valence-corrected chi connectivity index (χ1v) is 4.33. The minimum atomic E-state index is 0.808. The van der Waals surface area contributed by atoms with Crippen LogP contribution in [0.5, 0.6) is 0 Å². The van der Waals surface area contributed by atoms with Crippen molar-refractivity contribution in [3.8, 4) is 0 Å². The van der Waals surface area contributed by atoms with E-state index in [2.05, 4.69) is 0 Å². The van der Waals surface area contributed by atoms with E-state index in [9.17, 15) is 5.21 Å². The molecule has 0 saturated carbocycles. The fourth-order valence-electron chi connectivity index (χ4n) is 1.11. The Morgan fingerprint density at radius 3 is 2.07 bits per heavy atom. The highest BCUT2D eigenvalue weighted by Gasteiger charge is 1.93. The molecule has 4 nitrogen and oxygen atoms in total. The zero-order valence-electron chi connectivity index (χ0n) is 8.79. The Balaban J connectivity index is 0.000000442. The van der Waals surface area contributed by atoms with Crippen molar-refractivity contribution in [1.82, 2.24) is 0 Å². The molecule has 0 amide bonds. The molecule has 0 aliphatic carbocycles. The van der Waals surface area contributed by atoms with Crippen LogP contribution >= 0.6 is 0 Å². The van der Waals surface area contributed by atoms with Crippen molar-refractivity contribution in [2.45, 2.75) is 0 Å². The van der Waals surface area contributed by atoms with E-state index >= 15 is 0 Å². The van der Waals surface area contributed by atoms with Gasteiger partial charge in [0.05, 0.1) is 0 Å². The highest BCUT2D eigenvalue weighted by Crippen LogP contribution is 2.08. The number of hydrogen-bond acceptors (Lipinski definition) is 3. The van der Waals surface area contributed by atoms with Crippen molar-refractivity contribution in [1.29, 1.82) is 0 Å². The molecule has 82 valence electrons. The van der Waals surface area contributed by atoms with E-state index in [1.807, 2.05) is 30.3 Å². The zero-order valence-corrected chi connectivity index (χ0v) is 8.79. The van der Waals surface area contributed by atoms with Crippen molar-refractivity contribution in [2.75, 3.05) is 14.2 Å². The molecule has 0 unspecified atom stereocenters. The Hall–Kier alpha value is -1.65. The van der Waals surface area contributed by atoms with Gasteiger partial charge in [0.25, 0.3) is 0 Å². The molecule has 15 heavy (non-hydrogen) atoms. The molecule has 0 bridgehead atoms. The van der Waals surface area contributed by atoms with E-state index in [1.165, 1.54) is 6.20 Å². The van der Waals surface area contributed by atoms with Gasteiger partial charge in [-0.1, -0.05) is 18.2 Å². The number of aliphatic hydroxyl groups is 2. The van der Waals surface area contributed by atoms with Crippen LogP contribution in [0.4, 0.5) is 0 Å². The summed E-state index contributed by atoms with van der Waals surface area (Å²) in [5.41, 5.74) is 0. The van der Waals surface area contributed by atoms with Gasteiger partial charge >= 0.3 is 0 Å². The van der Waals surface area contributed by atoms with E-state index in [0.717, 1.165) is 29.7 Å². The number of benzene rings is 1. The number of aromatic nitrogens is 1. The summed E-state index contributed by atoms with van der Waals surface area (Å²) in [5, 5.41) is 26.9. The van der Waals surface area contributed by atoms with Gasteiger partial charge in [-0.25, -0.2) is 0 Å². The van der Waals surface area contributed by atoms with E-state index in [1.54, 1.807) is 6.20 Å². The molecule has 2 aromatic rings. The predicted octanol–water partition coefficient (Wildman–Crippen LogP) is 0.690. The topological polar surface area (TPSA) is 67.4 Å². The lowest BCUT2D eigenvalue weighted by Gasteiger charge is -1.96. The quantitative estimate of drug-likeness (QED) is 0.495. The minimum absolute atomic E-state index is 0.808. The molecule has 0 saturated heterocycles. The molecule has 1 heterocycles. The Kier molecular flexibility index (Phi) is 6.88. The third-order valence-corrected chi connectivity index (χ3v) is 1.66. The average Bonchev–Trinajstić information content (AvgIpc) is 2.34. The van der Waals surface area contributed by atoms with Crippen LogP contribution in [-0.4, -0.2) is 24.4 Å². The van der Waals surface area contributed by atoms with Crippen LogP contribution in [0, 0.1) is 5.21 Å². The second-order valence-electron chi connectivity index (χ2n) is 2.43. The minimum Gasteiger partial charge on any atom is -0.619 e. The first-order chi connectivity index (χ1) is 7.36. The number of nitrogens with zero attached hydrogens (tertiary/aromatic N) is 1. The highest BCUT2D eigenvalue weighted by molar-refractivity contribution is 5.80. The van der Waals surface area contributed by atoms with Crippen LogP contribution in [0.15, 0.2) is 42.7 Å². The number of fused-ring (bicyclic) bond motifs is 1. The summed E-state index contributed by atoms with van der Waals surface area (Å²) < 4.78 is 0.808. The number of aliphatic hydroxyl groups excluding tert-OH is 2. The van der Waals surface area contributed by atoms with Crippen molar-refractivity contribution in [3.05, 3.63) is 47.9 Å². The summed E-state index contributed by atoms with van der Waals surface area (Å²) in [6.07, 6.45) is 3.07. The van der Waals surface area contributed by atoms with Crippen LogP contribution in [0.3, 0.4) is 0 Å². The molecule has 1 aromatic heterocycles. The van der Waals surface area contributed by atoms with Gasteiger partial charge in [-0.05, 0) is 11.5 Å². The lowest BCUT2D eigenvalue weighted by Crippen LogP contribution is -2.23. The third kappa shape index (κ3) is 3.93. The first kappa shape index (κ1) is 13.4. The SMILES string of the molecule is CO.CO.[O-][n+]1ccc2ccccc2c1. The second-order valence-corrected chi connectivity index (χ2v) is 2.43. The summed E-state index contributed by atoms with van der Waals surface area (Å²) in [5.74, 6) is 0. The summed E-state index contributed by atoms with van der Waals surface area (Å²) >= 11 is 0. The standard InChI is InChI=1S/C9H7NO.2CH4O/c11-10-6-5-8-3-1-2-4-9(8)7-10;2*1-2/h1-7H;2*2H,1H3. The van der Waals surface area contributed by atoms with Crippen molar-refractivity contribution in [3.63, 3.8) is 0 Å². The van der Waals surface area contributed by atoms with E-state index in [-0.39, 0.29) is 0 Å². The molecule has 0 aliphatic rings. The molecule has 0 fully saturated rings. The fraction of sp³-hybridized carbons (Fsp3) is 0.182. The predicted molar refractivity (Wildman–Crippen MR) is 59.2 cm³/mol. The van der Waals surface area contributed by atoms with Gasteiger partial charge in [-0.2, -0.15) is 4.73 Å². The van der Waals surface area contributed by atoms with Crippen molar-refractivity contribution in [2.24, 2.45) is 0 Å². The smallest absolute Gasteiger partial charge is 0.188 e. The summed E-state index contributed by atoms with van der Waals surface area (Å²) in [6.45, 7) is 0. The normalized spacial score (nSPS) is 8.27. The third-order valence-electron chi connectivity index (χ3n) is 1.66. The maximum Gasteiger partial charge on any atom is 0.188 e. The Morgan fingerprint density at radius 1 is 0.933 bits per heavy atom. The zero-order chi connectivity index (χ0) is 11.7. The molecular weight excluding hydrogens is 194 g/mol. The van der Waals surface area contributed by atoms with Crippen LogP contribution in [0.1, 0.15) is 0 Å². The van der Waals surface area contributed by atoms with E-state index < -0.39 is 0 Å². The molecule has 2 rings (SSSR count). The molecule has 4 heteroatoms. The molecule has 0 spiro atoms. The van der Waals surface area contributed by atoms with Gasteiger partial charge in [0.15, 0.2) is 12.4 Å². The largest absolute Gasteiger partial charge is 0.619 e. The van der Waals surface area contributed by atoms with Gasteiger partial charge in [-0.15, -0.1) is 0 Å². The van der Waals surface area contributed by atoms with Gasteiger partial charge < -0.3 is 15.4 Å². The Labute approximate surface area is 88.6 Å². The number of rotatable bonds is 0. The highest BCUT2D eigenvalue weighted by atomic mass is 16.5. The average molecular weight is 209 g/mol. The van der Waals surface area contributed by atoms with Crippen molar-refractivity contribution < 1.29 is 14.9 Å². The molecular formula is C11H15NO3. The maximum absolute atomic E-state index is 10.8. The summed E-state index contributed by atoms with van der Waals surface area (Å²) in [7, 11) is 2.00. The number of pyridine rings is 1. The van der Waals surface area contributed by atoms with Crippen LogP contribution in [-0.2, 0) is 0 Å². The fourth-order valence-corrected chi connectivity index (χ4v) is 1.11. The molecule has 0 aliphatic heterocycles. The van der Waals surface area contributed by atoms with Gasteiger partial charge in [0.1, 0.15) is 0 Å². The summed E-state index contributed by atoms with van der Waals surface area (Å²) in [4.78, 5) is 0. The lowest BCUT2D eigenvalue weighted by molar-refractivity contribution is -0.603. The number of hydrogen-bond donors (Lipinski definition) is 2. The van der Waals surface area contributed by atoms with Gasteiger partial charge in [0.2, 0.25) is 0 Å². The van der Waals surface area contributed by atoms with Crippen LogP contribution < -0.4 is 4.73 Å². The Morgan fingerprint density at radius 2 is 1.47 bits per heavy atom. The molecule has 2 N–H and O–H groups in total. The first-order valence-electron chi connectivity index (χ1n) is 4.33. The van der Waals surface area contributed by atoms with Crippen molar-refractivity contribution >= 4 is 10.8 Å². The molecule has 1 aromatic carbocycles. The molecule has 0 atom stereocenters. The van der Waals surface area contributed by atoms with E-state index in [4.69, 9.17) is 10.2 Å². The van der Waals surface area contributed by atoms with Gasteiger partial charge in [-0.3, -0.25) is 0 Å². The van der Waals surface area contributed by atoms with Gasteiger partial charge in [0, 0.05) is 25.7 Å². The lowest BCUT2D eigenvalue weighted by atomic mass is 10.2. The van der Waals surface area contributed by atoms with Crippen LogP contribution in [0.2, 0.25) is 0 Å². The maximum atomic E-state index is 10.8. The second kappa shape index (κ2) is 7.73. The monoisotopic (exact) mass is 209 g/mol. The van der Waals surface area contributed by atoms with Crippen LogP contribution in [0.25, 0.3) is 10.8 Å². The molecule has 0 radical (unpaired) electrons.